The lowest BCUT2D eigenvalue weighted by molar-refractivity contribution is 0.741. The maximum absolute atomic E-state index is 4.59. The summed E-state index contributed by atoms with van der Waals surface area (Å²) in [7, 11) is 0. The van der Waals surface area contributed by atoms with Gasteiger partial charge in [0, 0.05) is 18.1 Å². The van der Waals surface area contributed by atoms with Crippen molar-refractivity contribution in [1.29, 1.82) is 0 Å². The lowest BCUT2D eigenvalue weighted by Gasteiger charge is -2.07. The highest BCUT2D eigenvalue weighted by molar-refractivity contribution is 5.84. The molecule has 3 aromatic rings. The van der Waals surface area contributed by atoms with Crippen molar-refractivity contribution in [1.82, 2.24) is 9.97 Å². The Hall–Kier alpha value is -2.42. The van der Waals surface area contributed by atoms with Gasteiger partial charge < -0.3 is 5.32 Å². The monoisotopic (exact) mass is 291 g/mol. The van der Waals surface area contributed by atoms with Crippen LogP contribution in [0.1, 0.15) is 26.2 Å². The summed E-state index contributed by atoms with van der Waals surface area (Å²) in [5.41, 5.74) is 3.39. The van der Waals surface area contributed by atoms with Crippen LogP contribution in [0.3, 0.4) is 0 Å². The third kappa shape index (κ3) is 3.42. The second kappa shape index (κ2) is 7.03. The molecular formula is C19H21N3. The van der Waals surface area contributed by atoms with Crippen LogP contribution in [0.25, 0.3) is 22.0 Å². The predicted molar refractivity (Wildman–Crippen MR) is 93.0 cm³/mol. The molecule has 1 heterocycles. The van der Waals surface area contributed by atoms with Gasteiger partial charge in [0.2, 0.25) is 5.95 Å². The molecule has 3 nitrogen and oxygen atoms in total. The summed E-state index contributed by atoms with van der Waals surface area (Å²) < 4.78 is 0. The van der Waals surface area contributed by atoms with Gasteiger partial charge in [-0.05, 0) is 29.7 Å². The van der Waals surface area contributed by atoms with Crippen LogP contribution in [0.5, 0.6) is 0 Å². The van der Waals surface area contributed by atoms with Crippen molar-refractivity contribution >= 4 is 16.9 Å². The van der Waals surface area contributed by atoms with E-state index in [0.717, 1.165) is 29.8 Å². The maximum Gasteiger partial charge on any atom is 0.223 e. The normalized spacial score (nSPS) is 10.8. The molecule has 3 rings (SSSR count). The van der Waals surface area contributed by atoms with Crippen molar-refractivity contribution in [2.24, 2.45) is 0 Å². The highest BCUT2D eigenvalue weighted by Gasteiger charge is 2.02. The van der Waals surface area contributed by atoms with Crippen LogP contribution in [-0.4, -0.2) is 16.5 Å². The molecule has 0 bridgehead atoms. The molecule has 0 atom stereocenters. The minimum atomic E-state index is 0.719. The van der Waals surface area contributed by atoms with E-state index < -0.39 is 0 Å². The van der Waals surface area contributed by atoms with Crippen LogP contribution in [0.4, 0.5) is 5.95 Å². The zero-order valence-corrected chi connectivity index (χ0v) is 12.9. The number of unbranched alkanes of at least 4 members (excludes halogenated alkanes) is 2. The van der Waals surface area contributed by atoms with Gasteiger partial charge >= 0.3 is 0 Å². The van der Waals surface area contributed by atoms with Crippen molar-refractivity contribution < 1.29 is 0 Å². The Morgan fingerprint density at radius 1 is 0.955 bits per heavy atom. The Morgan fingerprint density at radius 3 is 2.64 bits per heavy atom. The third-order valence-electron chi connectivity index (χ3n) is 3.75. The van der Waals surface area contributed by atoms with E-state index in [-0.39, 0.29) is 0 Å². The molecule has 0 saturated heterocycles. The van der Waals surface area contributed by atoms with Gasteiger partial charge in [-0.2, -0.15) is 0 Å². The smallest absolute Gasteiger partial charge is 0.223 e. The van der Waals surface area contributed by atoms with Gasteiger partial charge in [0.1, 0.15) is 0 Å². The van der Waals surface area contributed by atoms with Gasteiger partial charge in [-0.1, -0.05) is 56.2 Å². The Kier molecular flexibility index (Phi) is 4.64. The lowest BCUT2D eigenvalue weighted by Crippen LogP contribution is -2.05. The molecule has 1 N–H and O–H groups in total. The standard InChI is InChI=1S/C19H21N3/c1-2-3-7-12-20-19-21-14-17-13-16(10-11-18(17)22-19)15-8-5-4-6-9-15/h4-6,8-11,13-14H,2-3,7,12H2,1H3,(H,20,21,22). The summed E-state index contributed by atoms with van der Waals surface area (Å²) in [6.45, 7) is 3.14. The zero-order chi connectivity index (χ0) is 15.2. The van der Waals surface area contributed by atoms with Gasteiger partial charge in [-0.25, -0.2) is 9.97 Å². The van der Waals surface area contributed by atoms with E-state index in [0.29, 0.717) is 0 Å². The number of fused-ring (bicyclic) bond motifs is 1. The molecule has 3 heteroatoms. The van der Waals surface area contributed by atoms with Crippen LogP contribution >= 0.6 is 0 Å². The zero-order valence-electron chi connectivity index (χ0n) is 12.9. The highest BCUT2D eigenvalue weighted by Crippen LogP contribution is 2.23. The van der Waals surface area contributed by atoms with Crippen LogP contribution in [0.15, 0.2) is 54.7 Å². The number of benzene rings is 2. The largest absolute Gasteiger partial charge is 0.354 e. The average Bonchev–Trinajstić information content (AvgIpc) is 2.59. The fourth-order valence-corrected chi connectivity index (χ4v) is 2.50. The topological polar surface area (TPSA) is 37.8 Å². The highest BCUT2D eigenvalue weighted by atomic mass is 15.1. The molecule has 112 valence electrons. The van der Waals surface area contributed by atoms with Crippen molar-refractivity contribution in [2.75, 3.05) is 11.9 Å². The van der Waals surface area contributed by atoms with Crippen LogP contribution < -0.4 is 5.32 Å². The molecular weight excluding hydrogens is 270 g/mol. The van der Waals surface area contributed by atoms with Gasteiger partial charge in [-0.3, -0.25) is 0 Å². The molecule has 0 amide bonds. The van der Waals surface area contributed by atoms with E-state index in [4.69, 9.17) is 0 Å². The third-order valence-corrected chi connectivity index (χ3v) is 3.75. The Labute approximate surface area is 131 Å². The number of aromatic nitrogens is 2. The molecule has 0 aliphatic carbocycles. The minimum absolute atomic E-state index is 0.719. The summed E-state index contributed by atoms with van der Waals surface area (Å²) in [4.78, 5) is 9.00. The number of nitrogens with one attached hydrogen (secondary N) is 1. The first-order chi connectivity index (χ1) is 10.9. The maximum atomic E-state index is 4.59. The van der Waals surface area contributed by atoms with Crippen molar-refractivity contribution in [3.05, 3.63) is 54.7 Å². The summed E-state index contributed by atoms with van der Waals surface area (Å²) in [5.74, 6) is 0.719. The molecule has 0 aliphatic rings. The molecule has 1 aromatic heterocycles. The van der Waals surface area contributed by atoms with E-state index in [2.05, 4.69) is 64.7 Å². The fraction of sp³-hybridized carbons (Fsp3) is 0.263. The SMILES string of the molecule is CCCCCNc1ncc2cc(-c3ccccc3)ccc2n1. The second-order valence-electron chi connectivity index (χ2n) is 5.47. The van der Waals surface area contributed by atoms with E-state index in [1.54, 1.807) is 0 Å². The average molecular weight is 291 g/mol. The quantitative estimate of drug-likeness (QED) is 0.656. The fourth-order valence-electron chi connectivity index (χ4n) is 2.50. The number of nitrogens with zero attached hydrogens (tertiary/aromatic N) is 2. The van der Waals surface area contributed by atoms with E-state index >= 15 is 0 Å². The van der Waals surface area contributed by atoms with Crippen LogP contribution in [-0.2, 0) is 0 Å². The van der Waals surface area contributed by atoms with Crippen molar-refractivity contribution in [3.63, 3.8) is 0 Å². The van der Waals surface area contributed by atoms with Gasteiger partial charge in [-0.15, -0.1) is 0 Å². The van der Waals surface area contributed by atoms with Gasteiger partial charge in [0.25, 0.3) is 0 Å². The minimum Gasteiger partial charge on any atom is -0.354 e. The predicted octanol–water partition coefficient (Wildman–Crippen LogP) is 4.90. The van der Waals surface area contributed by atoms with Crippen molar-refractivity contribution in [3.8, 4) is 11.1 Å². The summed E-state index contributed by atoms with van der Waals surface area (Å²) in [6, 6.07) is 16.7. The van der Waals surface area contributed by atoms with Gasteiger partial charge in [0.15, 0.2) is 0 Å². The molecule has 0 spiro atoms. The number of hydrogen-bond donors (Lipinski definition) is 1. The first-order valence-corrected chi connectivity index (χ1v) is 7.93. The van der Waals surface area contributed by atoms with Gasteiger partial charge in [0.05, 0.1) is 5.52 Å². The van der Waals surface area contributed by atoms with Crippen LogP contribution in [0, 0.1) is 0 Å². The van der Waals surface area contributed by atoms with Crippen molar-refractivity contribution in [2.45, 2.75) is 26.2 Å². The van der Waals surface area contributed by atoms with E-state index in [1.807, 2.05) is 12.3 Å². The van der Waals surface area contributed by atoms with E-state index in [1.165, 1.54) is 24.0 Å². The lowest BCUT2D eigenvalue weighted by atomic mass is 10.0. The molecule has 0 fully saturated rings. The molecule has 0 aliphatic heterocycles. The molecule has 0 radical (unpaired) electrons. The van der Waals surface area contributed by atoms with Crippen LogP contribution in [0.2, 0.25) is 0 Å². The number of hydrogen-bond acceptors (Lipinski definition) is 3. The Bertz CT molecular complexity index is 738. The number of anilines is 1. The number of rotatable bonds is 6. The molecule has 0 saturated carbocycles. The summed E-state index contributed by atoms with van der Waals surface area (Å²) in [6.07, 6.45) is 5.52. The molecule has 0 unspecified atom stereocenters. The first-order valence-electron chi connectivity index (χ1n) is 7.93. The summed E-state index contributed by atoms with van der Waals surface area (Å²) >= 11 is 0. The second-order valence-corrected chi connectivity index (χ2v) is 5.47. The Morgan fingerprint density at radius 2 is 1.82 bits per heavy atom. The summed E-state index contributed by atoms with van der Waals surface area (Å²) in [5, 5.41) is 4.37. The van der Waals surface area contributed by atoms with E-state index in [9.17, 15) is 0 Å². The molecule has 22 heavy (non-hydrogen) atoms. The molecule has 2 aromatic carbocycles. The first kappa shape index (κ1) is 14.5. The Balaban J connectivity index is 1.79.